The Hall–Kier alpha value is -1.77. The molecule has 0 fully saturated rings. The molecule has 2 N–H and O–H groups in total. The Balaban J connectivity index is 2.28. The van der Waals surface area contributed by atoms with Crippen molar-refractivity contribution in [1.82, 2.24) is 5.32 Å². The number of hydrogen-bond donors (Lipinski definition) is 2. The average Bonchev–Trinajstić information content (AvgIpc) is 2.28. The van der Waals surface area contributed by atoms with Crippen LogP contribution in [0, 0.1) is 0 Å². The fraction of sp³-hybridized carbons (Fsp3) is 0.308. The van der Waals surface area contributed by atoms with Crippen molar-refractivity contribution in [2.45, 2.75) is 19.4 Å². The summed E-state index contributed by atoms with van der Waals surface area (Å²) < 4.78 is 0. The van der Waals surface area contributed by atoms with E-state index >= 15 is 0 Å². The van der Waals surface area contributed by atoms with Gasteiger partial charge in [0.2, 0.25) is 5.91 Å². The standard InChI is InChI=1S/C13H18N2O/c1-3-7-11(2)15-13(16)10-14-12-8-5-4-6-9-12/h3-6,8-9,11,14H,1,7,10H2,2H3,(H,15,16). The van der Waals surface area contributed by atoms with E-state index in [1.807, 2.05) is 37.3 Å². The number of para-hydroxylation sites is 1. The summed E-state index contributed by atoms with van der Waals surface area (Å²) in [6, 6.07) is 9.81. The molecule has 0 saturated carbocycles. The molecule has 3 nitrogen and oxygen atoms in total. The predicted octanol–water partition coefficient (Wildman–Crippen LogP) is 2.18. The van der Waals surface area contributed by atoms with Crippen LogP contribution in [0.1, 0.15) is 13.3 Å². The lowest BCUT2D eigenvalue weighted by molar-refractivity contribution is -0.119. The van der Waals surface area contributed by atoms with Crippen LogP contribution in [0.25, 0.3) is 0 Å². The molecule has 1 rings (SSSR count). The summed E-state index contributed by atoms with van der Waals surface area (Å²) in [6.45, 7) is 5.89. The molecular weight excluding hydrogens is 200 g/mol. The first-order valence-corrected chi connectivity index (χ1v) is 5.41. The number of anilines is 1. The van der Waals surface area contributed by atoms with Gasteiger partial charge in [0.1, 0.15) is 0 Å². The minimum Gasteiger partial charge on any atom is -0.376 e. The fourth-order valence-corrected chi connectivity index (χ4v) is 1.37. The highest BCUT2D eigenvalue weighted by atomic mass is 16.1. The van der Waals surface area contributed by atoms with Crippen molar-refractivity contribution in [3.63, 3.8) is 0 Å². The first kappa shape index (κ1) is 12.3. The molecule has 0 aliphatic rings. The molecule has 16 heavy (non-hydrogen) atoms. The quantitative estimate of drug-likeness (QED) is 0.718. The lowest BCUT2D eigenvalue weighted by Gasteiger charge is -2.12. The SMILES string of the molecule is C=CCC(C)NC(=O)CNc1ccccc1. The molecule has 1 aromatic rings. The molecule has 0 bridgehead atoms. The summed E-state index contributed by atoms with van der Waals surface area (Å²) in [4.78, 5) is 11.5. The molecule has 0 aromatic heterocycles. The van der Waals surface area contributed by atoms with Crippen LogP contribution in [0.2, 0.25) is 0 Å². The first-order valence-electron chi connectivity index (χ1n) is 5.41. The third kappa shape index (κ3) is 4.64. The molecule has 0 radical (unpaired) electrons. The van der Waals surface area contributed by atoms with Gasteiger partial charge in [0.05, 0.1) is 6.54 Å². The number of benzene rings is 1. The summed E-state index contributed by atoms with van der Waals surface area (Å²) in [5.41, 5.74) is 0.953. The lowest BCUT2D eigenvalue weighted by atomic mass is 10.2. The number of carbonyl (C=O) groups excluding carboxylic acids is 1. The van der Waals surface area contributed by atoms with Gasteiger partial charge in [0, 0.05) is 11.7 Å². The van der Waals surface area contributed by atoms with Crippen LogP contribution >= 0.6 is 0 Å². The van der Waals surface area contributed by atoms with Crippen molar-refractivity contribution < 1.29 is 4.79 Å². The Labute approximate surface area is 96.6 Å². The van der Waals surface area contributed by atoms with Gasteiger partial charge in [-0.25, -0.2) is 0 Å². The van der Waals surface area contributed by atoms with Crippen molar-refractivity contribution >= 4 is 11.6 Å². The molecule has 3 heteroatoms. The zero-order chi connectivity index (χ0) is 11.8. The van der Waals surface area contributed by atoms with E-state index < -0.39 is 0 Å². The maximum Gasteiger partial charge on any atom is 0.239 e. The molecule has 0 aliphatic heterocycles. The molecule has 0 aliphatic carbocycles. The van der Waals surface area contributed by atoms with Gasteiger partial charge in [-0.1, -0.05) is 24.3 Å². The summed E-state index contributed by atoms with van der Waals surface area (Å²) in [5.74, 6) is -0.00166. The van der Waals surface area contributed by atoms with Gasteiger partial charge in [-0.2, -0.15) is 0 Å². The van der Waals surface area contributed by atoms with Gasteiger partial charge >= 0.3 is 0 Å². The van der Waals surface area contributed by atoms with Gasteiger partial charge in [-0.15, -0.1) is 6.58 Å². The van der Waals surface area contributed by atoms with E-state index in [1.165, 1.54) is 0 Å². The second kappa shape index (κ2) is 6.67. The summed E-state index contributed by atoms with van der Waals surface area (Å²) >= 11 is 0. The normalized spacial score (nSPS) is 11.6. The average molecular weight is 218 g/mol. The smallest absolute Gasteiger partial charge is 0.239 e. The van der Waals surface area contributed by atoms with Crippen molar-refractivity contribution in [3.8, 4) is 0 Å². The second-order valence-corrected chi connectivity index (χ2v) is 3.71. The fourth-order valence-electron chi connectivity index (χ4n) is 1.37. The van der Waals surface area contributed by atoms with Crippen LogP contribution in [0.3, 0.4) is 0 Å². The number of rotatable bonds is 6. The van der Waals surface area contributed by atoms with Crippen LogP contribution < -0.4 is 10.6 Å². The van der Waals surface area contributed by atoms with Crippen LogP contribution in [0.5, 0.6) is 0 Å². The van der Waals surface area contributed by atoms with Crippen LogP contribution in [-0.4, -0.2) is 18.5 Å². The minimum absolute atomic E-state index is 0.00166. The predicted molar refractivity (Wildman–Crippen MR) is 67.4 cm³/mol. The molecule has 0 spiro atoms. The second-order valence-electron chi connectivity index (χ2n) is 3.71. The molecule has 1 unspecified atom stereocenters. The molecule has 86 valence electrons. The third-order valence-electron chi connectivity index (χ3n) is 2.15. The zero-order valence-electron chi connectivity index (χ0n) is 9.57. The van der Waals surface area contributed by atoms with Gasteiger partial charge in [0.15, 0.2) is 0 Å². The lowest BCUT2D eigenvalue weighted by Crippen LogP contribution is -2.36. The van der Waals surface area contributed by atoms with Crippen molar-refractivity contribution in [3.05, 3.63) is 43.0 Å². The van der Waals surface area contributed by atoms with Crippen LogP contribution in [0.4, 0.5) is 5.69 Å². The third-order valence-corrected chi connectivity index (χ3v) is 2.15. The number of nitrogens with one attached hydrogen (secondary N) is 2. The van der Waals surface area contributed by atoms with Gasteiger partial charge in [0.25, 0.3) is 0 Å². The Kier molecular flexibility index (Phi) is 5.12. The van der Waals surface area contributed by atoms with Crippen LogP contribution in [0.15, 0.2) is 43.0 Å². The van der Waals surface area contributed by atoms with E-state index in [0.29, 0.717) is 6.54 Å². The van der Waals surface area contributed by atoms with Gasteiger partial charge < -0.3 is 10.6 Å². The Morgan fingerprint density at radius 2 is 2.12 bits per heavy atom. The van der Waals surface area contributed by atoms with Gasteiger partial charge in [-0.3, -0.25) is 4.79 Å². The monoisotopic (exact) mass is 218 g/mol. The molecule has 1 aromatic carbocycles. The minimum atomic E-state index is -0.00166. The molecule has 0 heterocycles. The molecular formula is C13H18N2O. The number of hydrogen-bond acceptors (Lipinski definition) is 2. The molecule has 1 amide bonds. The van der Waals surface area contributed by atoms with E-state index in [9.17, 15) is 4.79 Å². The summed E-state index contributed by atoms with van der Waals surface area (Å²) in [7, 11) is 0. The van der Waals surface area contributed by atoms with E-state index in [2.05, 4.69) is 17.2 Å². The maximum absolute atomic E-state index is 11.5. The van der Waals surface area contributed by atoms with E-state index in [-0.39, 0.29) is 11.9 Å². The zero-order valence-corrected chi connectivity index (χ0v) is 9.57. The Morgan fingerprint density at radius 3 is 2.75 bits per heavy atom. The first-order chi connectivity index (χ1) is 7.72. The van der Waals surface area contributed by atoms with Crippen molar-refractivity contribution in [1.29, 1.82) is 0 Å². The Bertz CT molecular complexity index is 335. The van der Waals surface area contributed by atoms with Crippen molar-refractivity contribution in [2.75, 3.05) is 11.9 Å². The largest absolute Gasteiger partial charge is 0.376 e. The molecule has 1 atom stereocenters. The van der Waals surface area contributed by atoms with E-state index in [1.54, 1.807) is 6.08 Å². The highest BCUT2D eigenvalue weighted by Gasteiger charge is 2.04. The maximum atomic E-state index is 11.5. The highest BCUT2D eigenvalue weighted by molar-refractivity contribution is 5.80. The highest BCUT2D eigenvalue weighted by Crippen LogP contribution is 2.03. The molecule has 0 saturated heterocycles. The summed E-state index contributed by atoms with van der Waals surface area (Å²) in [5, 5.41) is 5.93. The van der Waals surface area contributed by atoms with Gasteiger partial charge in [-0.05, 0) is 25.5 Å². The van der Waals surface area contributed by atoms with E-state index in [0.717, 1.165) is 12.1 Å². The summed E-state index contributed by atoms with van der Waals surface area (Å²) in [6.07, 6.45) is 2.59. The number of amides is 1. The number of carbonyl (C=O) groups is 1. The topological polar surface area (TPSA) is 41.1 Å². The van der Waals surface area contributed by atoms with Crippen LogP contribution in [-0.2, 0) is 4.79 Å². The Morgan fingerprint density at radius 1 is 1.44 bits per heavy atom. The van der Waals surface area contributed by atoms with Crippen molar-refractivity contribution in [2.24, 2.45) is 0 Å². The van der Waals surface area contributed by atoms with E-state index in [4.69, 9.17) is 0 Å².